The third-order valence-electron chi connectivity index (χ3n) is 4.03. The van der Waals surface area contributed by atoms with Gasteiger partial charge in [0.15, 0.2) is 0 Å². The fraction of sp³-hybridized carbons (Fsp3) is 0.533. The lowest BCUT2D eigenvalue weighted by atomic mass is 9.94. The predicted molar refractivity (Wildman–Crippen MR) is 70.4 cm³/mol. The standard InChI is InChI=1S/C15H21N2/c1-16-9-8-15-12(10-16)4-3-5-13(15)11-17(2)14-6-7-14/h3-5,14H,1,6-11H2,2H3/q-1. The van der Waals surface area contributed by atoms with Gasteiger partial charge in [0.2, 0.25) is 0 Å². The highest BCUT2D eigenvalue weighted by molar-refractivity contribution is 5.37. The highest BCUT2D eigenvalue weighted by Gasteiger charge is 2.26. The van der Waals surface area contributed by atoms with E-state index in [9.17, 15) is 0 Å². The molecule has 0 radical (unpaired) electrons. The van der Waals surface area contributed by atoms with Gasteiger partial charge >= 0.3 is 0 Å². The lowest BCUT2D eigenvalue weighted by molar-refractivity contribution is 0.310. The van der Waals surface area contributed by atoms with E-state index in [1.165, 1.54) is 24.0 Å². The van der Waals surface area contributed by atoms with E-state index >= 15 is 0 Å². The smallest absolute Gasteiger partial charge is 0.0236 e. The maximum Gasteiger partial charge on any atom is 0.0236 e. The molecule has 0 aromatic heterocycles. The summed E-state index contributed by atoms with van der Waals surface area (Å²) >= 11 is 0. The highest BCUT2D eigenvalue weighted by atomic mass is 15.1. The first-order valence-corrected chi connectivity index (χ1v) is 6.59. The van der Waals surface area contributed by atoms with Crippen molar-refractivity contribution < 1.29 is 0 Å². The number of benzene rings is 1. The molecule has 1 heterocycles. The van der Waals surface area contributed by atoms with E-state index < -0.39 is 0 Å². The van der Waals surface area contributed by atoms with E-state index in [2.05, 4.69) is 42.1 Å². The highest BCUT2D eigenvalue weighted by Crippen LogP contribution is 2.29. The van der Waals surface area contributed by atoms with Crippen LogP contribution in [-0.4, -0.2) is 29.4 Å². The Kier molecular flexibility index (Phi) is 2.93. The van der Waals surface area contributed by atoms with E-state index in [0.717, 1.165) is 32.1 Å². The minimum atomic E-state index is 0.846. The predicted octanol–water partition coefficient (Wildman–Crippen LogP) is 2.43. The Bertz CT molecular complexity index is 409. The van der Waals surface area contributed by atoms with Gasteiger partial charge in [0.05, 0.1) is 0 Å². The van der Waals surface area contributed by atoms with Gasteiger partial charge in [-0.3, -0.25) is 11.9 Å². The van der Waals surface area contributed by atoms with E-state index in [4.69, 9.17) is 0 Å². The van der Waals surface area contributed by atoms with Crippen LogP contribution in [0.25, 0.3) is 0 Å². The normalized spacial score (nSPS) is 20.6. The summed E-state index contributed by atoms with van der Waals surface area (Å²) in [5.74, 6) is 0. The Morgan fingerprint density at radius 2 is 2.24 bits per heavy atom. The van der Waals surface area contributed by atoms with Crippen molar-refractivity contribution in [2.75, 3.05) is 13.6 Å². The summed E-state index contributed by atoms with van der Waals surface area (Å²) in [5, 5.41) is 0. The number of fused-ring (bicyclic) bond motifs is 1. The first-order valence-electron chi connectivity index (χ1n) is 6.59. The summed E-state index contributed by atoms with van der Waals surface area (Å²) < 4.78 is 0. The average Bonchev–Trinajstić information content (AvgIpc) is 3.12. The van der Waals surface area contributed by atoms with Crippen molar-refractivity contribution in [3.63, 3.8) is 0 Å². The van der Waals surface area contributed by atoms with Crippen LogP contribution < -0.4 is 0 Å². The molecule has 1 aromatic carbocycles. The van der Waals surface area contributed by atoms with Crippen molar-refractivity contribution in [1.82, 2.24) is 9.80 Å². The van der Waals surface area contributed by atoms with Crippen LogP contribution in [-0.2, 0) is 19.5 Å². The molecule has 2 heteroatoms. The second-order valence-corrected chi connectivity index (χ2v) is 5.50. The summed E-state index contributed by atoms with van der Waals surface area (Å²) in [6.45, 7) is 3.22. The molecule has 1 aliphatic carbocycles. The molecule has 92 valence electrons. The van der Waals surface area contributed by atoms with Crippen LogP contribution >= 0.6 is 0 Å². The van der Waals surface area contributed by atoms with Gasteiger partial charge in [-0.25, -0.2) is 0 Å². The van der Waals surface area contributed by atoms with Crippen molar-refractivity contribution in [2.45, 2.75) is 38.4 Å². The first-order chi connectivity index (χ1) is 8.24. The molecule has 3 rings (SSSR count). The quantitative estimate of drug-likeness (QED) is 0.735. The van der Waals surface area contributed by atoms with Crippen LogP contribution in [0, 0.1) is 7.05 Å². The molecule has 17 heavy (non-hydrogen) atoms. The van der Waals surface area contributed by atoms with Crippen LogP contribution in [0.1, 0.15) is 29.5 Å². The molecule has 0 N–H and O–H groups in total. The Morgan fingerprint density at radius 1 is 1.41 bits per heavy atom. The summed E-state index contributed by atoms with van der Waals surface area (Å²) in [7, 11) is 6.31. The Labute approximate surface area is 104 Å². The molecule has 0 atom stereocenters. The van der Waals surface area contributed by atoms with Gasteiger partial charge in [-0.1, -0.05) is 18.2 Å². The maximum absolute atomic E-state index is 4.05. The molecule has 0 bridgehead atoms. The molecule has 1 saturated carbocycles. The zero-order valence-electron chi connectivity index (χ0n) is 10.7. The zero-order valence-corrected chi connectivity index (χ0v) is 10.7. The molecule has 1 aromatic rings. The molecule has 2 aliphatic rings. The molecular weight excluding hydrogens is 208 g/mol. The van der Waals surface area contributed by atoms with E-state index in [0.29, 0.717) is 0 Å². The second-order valence-electron chi connectivity index (χ2n) is 5.50. The van der Waals surface area contributed by atoms with Gasteiger partial charge in [-0.15, -0.1) is 0 Å². The van der Waals surface area contributed by atoms with Gasteiger partial charge in [-0.2, -0.15) is 0 Å². The molecule has 2 nitrogen and oxygen atoms in total. The van der Waals surface area contributed by atoms with E-state index in [1.807, 2.05) is 0 Å². The maximum atomic E-state index is 4.05. The van der Waals surface area contributed by atoms with Gasteiger partial charge in [0.25, 0.3) is 0 Å². The topological polar surface area (TPSA) is 6.48 Å². The summed E-state index contributed by atoms with van der Waals surface area (Å²) in [4.78, 5) is 4.67. The fourth-order valence-corrected chi connectivity index (χ4v) is 2.81. The van der Waals surface area contributed by atoms with Crippen molar-refractivity contribution in [1.29, 1.82) is 0 Å². The molecule has 0 spiro atoms. The number of hydrogen-bond donors (Lipinski definition) is 0. The average molecular weight is 229 g/mol. The van der Waals surface area contributed by atoms with E-state index in [-0.39, 0.29) is 0 Å². The Hall–Kier alpha value is -0.860. The van der Waals surface area contributed by atoms with Crippen molar-refractivity contribution in [3.8, 4) is 0 Å². The van der Waals surface area contributed by atoms with Crippen molar-refractivity contribution in [3.05, 3.63) is 41.9 Å². The van der Waals surface area contributed by atoms with Gasteiger partial charge in [0, 0.05) is 12.6 Å². The third kappa shape index (κ3) is 2.38. The van der Waals surface area contributed by atoms with Gasteiger partial charge in [-0.05, 0) is 56.1 Å². The largest absolute Gasteiger partial charge is 0.455 e. The van der Waals surface area contributed by atoms with Crippen LogP contribution in [0.5, 0.6) is 0 Å². The van der Waals surface area contributed by atoms with Crippen LogP contribution in [0.15, 0.2) is 18.2 Å². The van der Waals surface area contributed by atoms with Crippen molar-refractivity contribution >= 4 is 0 Å². The van der Waals surface area contributed by atoms with Crippen LogP contribution in [0.4, 0.5) is 0 Å². The van der Waals surface area contributed by atoms with Gasteiger partial charge in [0.1, 0.15) is 0 Å². The Morgan fingerprint density at radius 3 is 3.00 bits per heavy atom. The minimum absolute atomic E-state index is 0.846. The lowest BCUT2D eigenvalue weighted by Crippen LogP contribution is -2.27. The summed E-state index contributed by atoms with van der Waals surface area (Å²) in [6.07, 6.45) is 3.93. The fourth-order valence-electron chi connectivity index (χ4n) is 2.81. The third-order valence-corrected chi connectivity index (χ3v) is 4.03. The molecule has 0 saturated heterocycles. The molecule has 1 aliphatic heterocycles. The zero-order chi connectivity index (χ0) is 11.8. The summed E-state index contributed by atoms with van der Waals surface area (Å²) in [5.41, 5.74) is 4.60. The molecular formula is C15H21N2-. The first kappa shape index (κ1) is 11.2. The SMILES string of the molecule is [CH2-]N1CCc2c(cccc2CN(C)C2CC2)C1. The van der Waals surface area contributed by atoms with E-state index in [1.54, 1.807) is 5.56 Å². The molecule has 0 amide bonds. The summed E-state index contributed by atoms with van der Waals surface area (Å²) in [6, 6.07) is 7.61. The Balaban J connectivity index is 1.81. The lowest BCUT2D eigenvalue weighted by Gasteiger charge is -2.33. The number of nitrogens with zero attached hydrogens (tertiary/aromatic N) is 2. The molecule has 0 unspecified atom stereocenters. The molecule has 1 fully saturated rings. The second kappa shape index (κ2) is 4.43. The van der Waals surface area contributed by atoms with Crippen molar-refractivity contribution in [2.24, 2.45) is 0 Å². The van der Waals surface area contributed by atoms with Crippen LogP contribution in [0.2, 0.25) is 0 Å². The van der Waals surface area contributed by atoms with Crippen LogP contribution in [0.3, 0.4) is 0 Å². The van der Waals surface area contributed by atoms with Gasteiger partial charge < -0.3 is 4.90 Å². The number of hydrogen-bond acceptors (Lipinski definition) is 2. The minimum Gasteiger partial charge on any atom is -0.455 e. The number of rotatable bonds is 3. The monoisotopic (exact) mass is 229 g/mol.